The summed E-state index contributed by atoms with van der Waals surface area (Å²) in [5, 5.41) is 0.386. The zero-order chi connectivity index (χ0) is 16.2. The highest BCUT2D eigenvalue weighted by atomic mass is 35.5. The van der Waals surface area contributed by atoms with Gasteiger partial charge in [0, 0.05) is 23.2 Å². The van der Waals surface area contributed by atoms with Gasteiger partial charge in [0.2, 0.25) is 0 Å². The number of benzene rings is 1. The fourth-order valence-electron chi connectivity index (χ4n) is 3.24. The minimum absolute atomic E-state index is 0.142. The van der Waals surface area contributed by atoms with Crippen LogP contribution in [0.5, 0.6) is 11.5 Å². The molecule has 6 nitrogen and oxygen atoms in total. The number of ether oxygens (including phenoxy) is 2. The second kappa shape index (κ2) is 4.76. The van der Waals surface area contributed by atoms with Crippen molar-refractivity contribution in [3.63, 3.8) is 0 Å². The number of aliphatic imine (C=N–C) groups is 1. The number of aromatic nitrogens is 1. The van der Waals surface area contributed by atoms with Crippen LogP contribution in [0.1, 0.15) is 23.2 Å². The lowest BCUT2D eigenvalue weighted by Crippen LogP contribution is -2.38. The Labute approximate surface area is 138 Å². The van der Waals surface area contributed by atoms with E-state index in [1.807, 2.05) is 19.1 Å². The van der Waals surface area contributed by atoms with Crippen LogP contribution in [0.3, 0.4) is 0 Å². The number of nitrogens with zero attached hydrogens (tertiary/aromatic N) is 2. The van der Waals surface area contributed by atoms with Crippen LogP contribution in [0, 0.1) is 6.92 Å². The van der Waals surface area contributed by atoms with E-state index in [2.05, 4.69) is 9.98 Å². The maximum atomic E-state index is 6.18. The molecule has 0 saturated carbocycles. The number of hydrogen-bond acceptors (Lipinski definition) is 6. The van der Waals surface area contributed by atoms with Crippen LogP contribution >= 0.6 is 11.6 Å². The predicted octanol–water partition coefficient (Wildman–Crippen LogP) is 2.71. The van der Waals surface area contributed by atoms with Crippen molar-refractivity contribution in [3.05, 3.63) is 46.2 Å². The Hall–Kier alpha value is -2.47. The molecule has 4 rings (SSSR count). The standard InChI is InChI=1S/C16H15ClN4O2/c1-8-14-11(7-13(17)20-8)16(4-5-22-15(19)21-16)10-6-9(18)2-3-12(10)23-14/h2-3,6-7H,4-5,18H2,1H3,(H2,19,21)/t16-/m0/s1. The van der Waals surface area contributed by atoms with Gasteiger partial charge in [0.25, 0.3) is 6.02 Å². The number of hydrogen-bond donors (Lipinski definition) is 2. The van der Waals surface area contributed by atoms with E-state index in [-0.39, 0.29) is 6.02 Å². The number of halogens is 1. The molecule has 0 bridgehead atoms. The number of rotatable bonds is 0. The van der Waals surface area contributed by atoms with E-state index in [9.17, 15) is 0 Å². The van der Waals surface area contributed by atoms with Gasteiger partial charge in [-0.05, 0) is 31.2 Å². The molecule has 0 aliphatic carbocycles. The highest BCUT2D eigenvalue weighted by Crippen LogP contribution is 2.53. The molecule has 0 radical (unpaired) electrons. The van der Waals surface area contributed by atoms with Crippen molar-refractivity contribution in [1.82, 2.24) is 4.98 Å². The first-order chi connectivity index (χ1) is 11.0. The summed E-state index contributed by atoms with van der Waals surface area (Å²) >= 11 is 6.18. The SMILES string of the molecule is Cc1nc(Cl)cc2c1Oc1ccc(N)cc1[C@@]21CCOC(N)=N1. The van der Waals surface area contributed by atoms with Gasteiger partial charge >= 0.3 is 0 Å². The lowest BCUT2D eigenvalue weighted by molar-refractivity contribution is 0.219. The largest absolute Gasteiger partial charge is 0.465 e. The molecule has 0 amide bonds. The Bertz CT molecular complexity index is 852. The molecule has 1 spiro atoms. The van der Waals surface area contributed by atoms with Gasteiger partial charge in [0.15, 0.2) is 5.75 Å². The van der Waals surface area contributed by atoms with Crippen LogP contribution in [0.2, 0.25) is 5.15 Å². The number of pyridine rings is 1. The second-order valence-corrected chi connectivity index (χ2v) is 6.06. The van der Waals surface area contributed by atoms with Crippen molar-refractivity contribution in [2.24, 2.45) is 10.7 Å². The smallest absolute Gasteiger partial charge is 0.283 e. The molecule has 23 heavy (non-hydrogen) atoms. The zero-order valence-corrected chi connectivity index (χ0v) is 13.2. The third kappa shape index (κ3) is 2.02. The van der Waals surface area contributed by atoms with Gasteiger partial charge in [0.05, 0.1) is 12.3 Å². The van der Waals surface area contributed by atoms with E-state index in [4.69, 9.17) is 32.5 Å². The Balaban J connectivity index is 2.08. The first-order valence-corrected chi connectivity index (χ1v) is 7.61. The molecule has 2 aromatic rings. The molecule has 3 heterocycles. The van der Waals surface area contributed by atoms with E-state index in [0.29, 0.717) is 41.1 Å². The van der Waals surface area contributed by atoms with E-state index >= 15 is 0 Å². The molecule has 0 saturated heterocycles. The first-order valence-electron chi connectivity index (χ1n) is 7.23. The summed E-state index contributed by atoms with van der Waals surface area (Å²) in [6.07, 6.45) is 0.611. The zero-order valence-electron chi connectivity index (χ0n) is 12.5. The summed E-state index contributed by atoms with van der Waals surface area (Å²) in [6, 6.07) is 7.41. The van der Waals surface area contributed by atoms with E-state index in [1.165, 1.54) is 0 Å². The molecule has 118 valence electrons. The molecular weight excluding hydrogens is 316 g/mol. The van der Waals surface area contributed by atoms with Crippen molar-refractivity contribution in [3.8, 4) is 11.5 Å². The number of fused-ring (bicyclic) bond motifs is 4. The van der Waals surface area contributed by atoms with Crippen molar-refractivity contribution in [2.75, 3.05) is 12.3 Å². The van der Waals surface area contributed by atoms with Gasteiger partial charge in [-0.25, -0.2) is 9.98 Å². The molecule has 4 N–H and O–H groups in total. The highest BCUT2D eigenvalue weighted by molar-refractivity contribution is 6.29. The van der Waals surface area contributed by atoms with Crippen LogP contribution in [-0.4, -0.2) is 17.6 Å². The molecule has 1 atom stereocenters. The summed E-state index contributed by atoms with van der Waals surface area (Å²) in [6.45, 7) is 2.30. The topological polar surface area (TPSA) is 95.8 Å². The van der Waals surface area contributed by atoms with Gasteiger partial charge < -0.3 is 20.9 Å². The molecule has 0 unspecified atom stereocenters. The summed E-state index contributed by atoms with van der Waals surface area (Å²) in [5.41, 5.74) is 14.2. The monoisotopic (exact) mass is 330 g/mol. The Kier molecular flexibility index (Phi) is 2.93. The lowest BCUT2D eigenvalue weighted by atomic mass is 9.78. The molecule has 0 fully saturated rings. The normalized spacial score (nSPS) is 21.7. The maximum Gasteiger partial charge on any atom is 0.283 e. The number of nitrogens with two attached hydrogens (primary N) is 2. The van der Waals surface area contributed by atoms with Gasteiger partial charge in [-0.15, -0.1) is 0 Å². The summed E-state index contributed by atoms with van der Waals surface area (Å²) in [7, 11) is 0. The minimum Gasteiger partial charge on any atom is -0.465 e. The van der Waals surface area contributed by atoms with Crippen molar-refractivity contribution >= 4 is 23.3 Å². The average molecular weight is 331 g/mol. The highest BCUT2D eigenvalue weighted by Gasteiger charge is 2.45. The Morgan fingerprint density at radius 3 is 2.83 bits per heavy atom. The first kappa shape index (κ1) is 14.1. The number of anilines is 1. The number of aryl methyl sites for hydroxylation is 1. The van der Waals surface area contributed by atoms with Crippen LogP contribution in [-0.2, 0) is 10.3 Å². The van der Waals surface area contributed by atoms with E-state index in [1.54, 1.807) is 12.1 Å². The van der Waals surface area contributed by atoms with Crippen LogP contribution < -0.4 is 16.2 Å². The van der Waals surface area contributed by atoms with Gasteiger partial charge in [-0.3, -0.25) is 0 Å². The van der Waals surface area contributed by atoms with Crippen molar-refractivity contribution in [2.45, 2.75) is 18.9 Å². The van der Waals surface area contributed by atoms with Crippen LogP contribution in [0.25, 0.3) is 0 Å². The van der Waals surface area contributed by atoms with Crippen LogP contribution in [0.15, 0.2) is 29.3 Å². The average Bonchev–Trinajstić information content (AvgIpc) is 2.50. The maximum absolute atomic E-state index is 6.18. The summed E-state index contributed by atoms with van der Waals surface area (Å²) < 4.78 is 11.4. The van der Waals surface area contributed by atoms with E-state index in [0.717, 1.165) is 11.1 Å². The lowest BCUT2D eigenvalue weighted by Gasteiger charge is -2.39. The minimum atomic E-state index is -0.724. The quantitative estimate of drug-likeness (QED) is 0.572. The molecule has 1 aromatic carbocycles. The van der Waals surface area contributed by atoms with Crippen molar-refractivity contribution < 1.29 is 9.47 Å². The molecule has 1 aromatic heterocycles. The molecular formula is C16H15ClN4O2. The summed E-state index contributed by atoms with van der Waals surface area (Å²) in [5.74, 6) is 1.35. The van der Waals surface area contributed by atoms with Crippen molar-refractivity contribution in [1.29, 1.82) is 0 Å². The predicted molar refractivity (Wildman–Crippen MR) is 87.9 cm³/mol. The van der Waals surface area contributed by atoms with E-state index < -0.39 is 5.54 Å². The summed E-state index contributed by atoms with van der Waals surface area (Å²) in [4.78, 5) is 8.91. The molecule has 2 aliphatic rings. The van der Waals surface area contributed by atoms with Gasteiger partial charge in [-0.1, -0.05) is 11.6 Å². The number of nitrogen functional groups attached to an aromatic ring is 1. The van der Waals surface area contributed by atoms with Gasteiger partial charge in [-0.2, -0.15) is 0 Å². The van der Waals surface area contributed by atoms with Crippen LogP contribution in [0.4, 0.5) is 5.69 Å². The molecule has 7 heteroatoms. The number of amidine groups is 1. The second-order valence-electron chi connectivity index (χ2n) is 5.67. The third-order valence-corrected chi connectivity index (χ3v) is 4.43. The Morgan fingerprint density at radius 2 is 2.04 bits per heavy atom. The Morgan fingerprint density at radius 1 is 1.22 bits per heavy atom. The molecule has 2 aliphatic heterocycles. The van der Waals surface area contributed by atoms with Gasteiger partial charge in [0.1, 0.15) is 16.4 Å². The fourth-order valence-corrected chi connectivity index (χ4v) is 3.48. The third-order valence-electron chi connectivity index (χ3n) is 4.23. The fraction of sp³-hybridized carbons (Fsp3) is 0.250.